The average molecular weight is 1270 g/mol. The molecule has 92 heavy (non-hydrogen) atoms. The minimum absolute atomic E-state index is 0.0315. The molecule has 0 aliphatic carbocycles. The van der Waals surface area contributed by atoms with E-state index in [9.17, 15) is 9.59 Å². The topological polar surface area (TPSA) is 167 Å². The number of carbonyl (C=O) groups excluding carboxylic acids is 2. The summed E-state index contributed by atoms with van der Waals surface area (Å²) in [5.74, 6) is 2.55. The normalized spacial score (nSPS) is 11.3. The van der Waals surface area contributed by atoms with Gasteiger partial charge in [0.15, 0.2) is 23.0 Å². The third-order valence-corrected chi connectivity index (χ3v) is 17.0. The Morgan fingerprint density at radius 2 is 0.522 bits per heavy atom. The van der Waals surface area contributed by atoms with E-state index in [0.29, 0.717) is 83.2 Å². The Morgan fingerprint density at radius 1 is 0.283 bits per heavy atom. The maximum atomic E-state index is 13.6. The van der Waals surface area contributed by atoms with Gasteiger partial charge in [0.25, 0.3) is 0 Å². The Balaban J connectivity index is 0.980. The molecule has 0 fully saturated rings. The second-order valence-corrected chi connectivity index (χ2v) is 25.1. The van der Waals surface area contributed by atoms with Crippen molar-refractivity contribution in [2.45, 2.75) is 285 Å². The Bertz CT molecular complexity index is 2670. The van der Waals surface area contributed by atoms with E-state index in [0.717, 1.165) is 51.4 Å². The summed E-state index contributed by atoms with van der Waals surface area (Å²) in [5, 5.41) is 16.8. The molecule has 0 amide bonds. The molecule has 0 aliphatic rings. The summed E-state index contributed by atoms with van der Waals surface area (Å²) in [5.41, 5.74) is 1.92. The van der Waals surface area contributed by atoms with E-state index in [2.05, 4.69) is 48.1 Å². The van der Waals surface area contributed by atoms with Gasteiger partial charge in [-0.1, -0.05) is 259 Å². The molecule has 14 nitrogen and oxygen atoms in total. The van der Waals surface area contributed by atoms with E-state index in [1.807, 2.05) is 12.1 Å². The van der Waals surface area contributed by atoms with Crippen LogP contribution in [0, 0.1) is 0 Å². The fourth-order valence-electron chi connectivity index (χ4n) is 11.3. The number of rotatable bonds is 55. The van der Waals surface area contributed by atoms with E-state index < -0.39 is 11.9 Å². The molecule has 0 spiro atoms. The number of unbranched alkanes of at least 4 members (excludes halogenated alkanes) is 36. The zero-order chi connectivity index (χ0) is 64.7. The van der Waals surface area contributed by atoms with Crippen LogP contribution < -0.4 is 28.4 Å². The largest absolute Gasteiger partial charge is 0.490 e. The molecule has 6 rings (SSSR count). The SMILES string of the molecule is CCCCCCCCCCCCOc1ccc(C(=O)Oc2ccc(-c3nnc(-c4nnc(-c5ccc(OC(=O)c6ccc(OCCCCCCCCCCCC)c(OCCCCCCCCCCCC)c6)cc5)o4)o3)cc2)cc1OCCCCCCCCCCCC. The molecule has 0 aliphatic heterocycles. The molecule has 6 aromatic rings. The Morgan fingerprint density at radius 3 is 0.793 bits per heavy atom. The maximum absolute atomic E-state index is 13.6. The first kappa shape index (κ1) is 74.3. The van der Waals surface area contributed by atoms with E-state index in [-0.39, 0.29) is 23.6 Å². The number of hydrogen-bond acceptors (Lipinski definition) is 14. The average Bonchev–Trinajstić information content (AvgIpc) is 1.63. The maximum Gasteiger partial charge on any atom is 0.343 e. The summed E-state index contributed by atoms with van der Waals surface area (Å²) in [6, 6.07) is 24.2. The van der Waals surface area contributed by atoms with Gasteiger partial charge < -0.3 is 37.3 Å². The molecule has 0 bridgehead atoms. The highest BCUT2D eigenvalue weighted by Gasteiger charge is 2.21. The van der Waals surface area contributed by atoms with Crippen molar-refractivity contribution < 1.29 is 46.8 Å². The predicted molar refractivity (Wildman–Crippen MR) is 371 cm³/mol. The van der Waals surface area contributed by atoms with Crippen molar-refractivity contribution >= 4 is 11.9 Å². The van der Waals surface area contributed by atoms with Gasteiger partial charge in [0.05, 0.1) is 37.6 Å². The molecule has 0 saturated carbocycles. The summed E-state index contributed by atoms with van der Waals surface area (Å²) in [4.78, 5) is 27.2. The van der Waals surface area contributed by atoms with Crippen molar-refractivity contribution in [3.8, 4) is 69.2 Å². The van der Waals surface area contributed by atoms with Crippen molar-refractivity contribution in [3.63, 3.8) is 0 Å². The van der Waals surface area contributed by atoms with Crippen LogP contribution in [0.3, 0.4) is 0 Å². The standard InChI is InChI=1S/C78H114N4O10/c1-5-9-13-17-21-25-29-33-37-41-57-85-69-55-49-65(61-71(69)87-59-43-39-35-31-27-23-19-15-11-7-3)77(83)89-67-51-45-63(46-52-67)73-79-81-75(91-73)76-82-80-74(92-76)64-47-53-68(54-48-64)90-78(84)66-50-56-70(86-58-42-38-34-30-26-22-18-14-10-6-2)72(62-66)88-60-44-40-36-32-28-24-20-16-12-8-4/h45-56,61-62H,5-44,57-60H2,1-4H3. The molecular weight excluding hydrogens is 1150 g/mol. The Hall–Kier alpha value is -6.70. The second kappa shape index (κ2) is 47.2. The van der Waals surface area contributed by atoms with Crippen LogP contribution >= 0.6 is 0 Å². The van der Waals surface area contributed by atoms with Crippen LogP contribution in [0.2, 0.25) is 0 Å². The van der Waals surface area contributed by atoms with Crippen LogP contribution in [-0.4, -0.2) is 58.8 Å². The van der Waals surface area contributed by atoms with Crippen LogP contribution in [-0.2, 0) is 0 Å². The second-order valence-electron chi connectivity index (χ2n) is 25.1. The summed E-state index contributed by atoms with van der Waals surface area (Å²) in [7, 11) is 0. The Kier molecular flexibility index (Phi) is 38.2. The van der Waals surface area contributed by atoms with Gasteiger partial charge in [-0.3, -0.25) is 0 Å². The van der Waals surface area contributed by atoms with Crippen molar-refractivity contribution in [3.05, 3.63) is 96.1 Å². The van der Waals surface area contributed by atoms with E-state index in [1.54, 1.807) is 72.8 Å². The lowest BCUT2D eigenvalue weighted by molar-refractivity contribution is 0.0724. The van der Waals surface area contributed by atoms with E-state index >= 15 is 0 Å². The van der Waals surface area contributed by atoms with Crippen LogP contribution in [0.5, 0.6) is 34.5 Å². The van der Waals surface area contributed by atoms with Gasteiger partial charge in [0.2, 0.25) is 11.8 Å². The van der Waals surface area contributed by atoms with Gasteiger partial charge in [0.1, 0.15) is 11.5 Å². The molecule has 0 atom stereocenters. The first-order valence-corrected chi connectivity index (χ1v) is 36.5. The molecule has 0 saturated heterocycles. The molecule has 0 radical (unpaired) electrons. The first-order chi connectivity index (χ1) is 45.4. The highest BCUT2D eigenvalue weighted by molar-refractivity contribution is 5.92. The first-order valence-electron chi connectivity index (χ1n) is 36.5. The van der Waals surface area contributed by atoms with Gasteiger partial charge in [-0.05, 0) is 111 Å². The molecular formula is C78H114N4O10. The van der Waals surface area contributed by atoms with E-state index in [4.69, 9.17) is 37.3 Å². The van der Waals surface area contributed by atoms with Gasteiger partial charge in [-0.25, -0.2) is 9.59 Å². The fourth-order valence-corrected chi connectivity index (χ4v) is 11.3. The number of aromatic nitrogens is 4. The molecule has 0 unspecified atom stereocenters. The van der Waals surface area contributed by atoms with Crippen LogP contribution in [0.1, 0.15) is 305 Å². The van der Waals surface area contributed by atoms with Crippen molar-refractivity contribution in [2.24, 2.45) is 0 Å². The van der Waals surface area contributed by atoms with Crippen molar-refractivity contribution in [1.82, 2.24) is 20.4 Å². The number of hydrogen-bond donors (Lipinski definition) is 0. The third kappa shape index (κ3) is 29.9. The number of ether oxygens (including phenoxy) is 6. The minimum Gasteiger partial charge on any atom is -0.490 e. The number of carbonyl (C=O) groups is 2. The van der Waals surface area contributed by atoms with Gasteiger partial charge >= 0.3 is 23.7 Å². The monoisotopic (exact) mass is 1270 g/mol. The van der Waals surface area contributed by atoms with Crippen molar-refractivity contribution in [1.29, 1.82) is 0 Å². The number of benzene rings is 4. The van der Waals surface area contributed by atoms with Crippen LogP contribution in [0.15, 0.2) is 93.8 Å². The lowest BCUT2D eigenvalue weighted by atomic mass is 10.1. The summed E-state index contributed by atoms with van der Waals surface area (Å²) in [6.07, 6.45) is 49.9. The highest BCUT2D eigenvalue weighted by atomic mass is 16.5. The molecule has 4 aromatic carbocycles. The van der Waals surface area contributed by atoms with Gasteiger partial charge in [-0.15, -0.1) is 20.4 Å². The number of nitrogens with zero attached hydrogens (tertiary/aromatic N) is 4. The lowest BCUT2D eigenvalue weighted by Crippen LogP contribution is -2.10. The summed E-state index contributed by atoms with van der Waals surface area (Å²) >= 11 is 0. The molecule has 2 aromatic heterocycles. The number of esters is 2. The predicted octanol–water partition coefficient (Wildman–Crippen LogP) is 23.1. The Labute approximate surface area is 552 Å². The van der Waals surface area contributed by atoms with Crippen LogP contribution in [0.4, 0.5) is 0 Å². The van der Waals surface area contributed by atoms with Gasteiger partial charge in [0, 0.05) is 11.1 Å². The third-order valence-electron chi connectivity index (χ3n) is 17.0. The molecule has 14 heteroatoms. The lowest BCUT2D eigenvalue weighted by Gasteiger charge is -2.14. The summed E-state index contributed by atoms with van der Waals surface area (Å²) in [6.45, 7) is 11.3. The smallest absolute Gasteiger partial charge is 0.343 e. The van der Waals surface area contributed by atoms with Gasteiger partial charge in [-0.2, -0.15) is 0 Å². The highest BCUT2D eigenvalue weighted by Crippen LogP contribution is 2.34. The summed E-state index contributed by atoms with van der Waals surface area (Å²) < 4.78 is 48.8. The fraction of sp³-hybridized carbons (Fsp3) is 0.615. The zero-order valence-electron chi connectivity index (χ0n) is 57.1. The molecule has 2 heterocycles. The van der Waals surface area contributed by atoms with Crippen molar-refractivity contribution in [2.75, 3.05) is 26.4 Å². The zero-order valence-corrected chi connectivity index (χ0v) is 57.1. The molecule has 0 N–H and O–H groups in total. The van der Waals surface area contributed by atoms with Crippen LogP contribution in [0.25, 0.3) is 34.7 Å². The quantitative estimate of drug-likeness (QED) is 0.0201. The molecule has 506 valence electrons. The van der Waals surface area contributed by atoms with E-state index in [1.165, 1.54) is 205 Å². The minimum atomic E-state index is -0.513.